The third-order valence-electron chi connectivity index (χ3n) is 2.39. The van der Waals surface area contributed by atoms with Gasteiger partial charge in [0.2, 0.25) is 0 Å². The number of nitriles is 1. The smallest absolute Gasteiger partial charge is 0.271 e. The molecule has 0 radical (unpaired) electrons. The molecule has 0 saturated carbocycles. The summed E-state index contributed by atoms with van der Waals surface area (Å²) >= 11 is 1.13. The molecule has 0 atom stereocenters. The maximum absolute atomic E-state index is 12.0. The molecular weight excluding hydrogens is 268 g/mol. The van der Waals surface area contributed by atoms with E-state index in [1.165, 1.54) is 6.07 Å². The van der Waals surface area contributed by atoms with E-state index in [0.717, 1.165) is 16.9 Å². The lowest BCUT2D eigenvalue weighted by molar-refractivity contribution is 0.603. The first-order chi connectivity index (χ1) is 8.54. The SMILES string of the molecule is Cc1cccc(NS(=O)(=O)c2cccs2)c1C#N. The van der Waals surface area contributed by atoms with Crippen LogP contribution >= 0.6 is 11.3 Å². The average Bonchev–Trinajstić information content (AvgIpc) is 2.83. The monoisotopic (exact) mass is 278 g/mol. The van der Waals surface area contributed by atoms with E-state index >= 15 is 0 Å². The van der Waals surface area contributed by atoms with Crippen molar-refractivity contribution in [3.05, 3.63) is 46.8 Å². The van der Waals surface area contributed by atoms with Gasteiger partial charge in [-0.1, -0.05) is 18.2 Å². The summed E-state index contributed by atoms with van der Waals surface area (Å²) in [4.78, 5) is 0. The molecule has 18 heavy (non-hydrogen) atoms. The predicted molar refractivity (Wildman–Crippen MR) is 71.0 cm³/mol. The molecule has 0 amide bonds. The van der Waals surface area contributed by atoms with Gasteiger partial charge in [0, 0.05) is 0 Å². The molecule has 92 valence electrons. The number of sulfonamides is 1. The zero-order valence-corrected chi connectivity index (χ0v) is 11.2. The lowest BCUT2D eigenvalue weighted by Gasteiger charge is -2.09. The molecule has 0 unspecified atom stereocenters. The van der Waals surface area contributed by atoms with Crippen LogP contribution in [0.3, 0.4) is 0 Å². The maximum Gasteiger partial charge on any atom is 0.271 e. The van der Waals surface area contributed by atoms with Gasteiger partial charge in [-0.15, -0.1) is 11.3 Å². The van der Waals surface area contributed by atoms with Gasteiger partial charge >= 0.3 is 0 Å². The van der Waals surface area contributed by atoms with Gasteiger partial charge in [-0.05, 0) is 30.0 Å². The molecule has 1 aromatic carbocycles. The summed E-state index contributed by atoms with van der Waals surface area (Å²) in [5.74, 6) is 0. The number of aryl methyl sites for hydroxylation is 1. The van der Waals surface area contributed by atoms with Crippen molar-refractivity contribution in [2.75, 3.05) is 4.72 Å². The first-order valence-corrected chi connectivity index (χ1v) is 7.47. The molecule has 1 aromatic heterocycles. The van der Waals surface area contributed by atoms with Gasteiger partial charge < -0.3 is 0 Å². The van der Waals surface area contributed by atoms with Crippen LogP contribution in [0.2, 0.25) is 0 Å². The van der Waals surface area contributed by atoms with Crippen LogP contribution < -0.4 is 4.72 Å². The Bertz CT molecular complexity index is 698. The van der Waals surface area contributed by atoms with Crippen molar-refractivity contribution in [2.24, 2.45) is 0 Å². The lowest BCUT2D eigenvalue weighted by Crippen LogP contribution is -2.12. The van der Waals surface area contributed by atoms with Crippen LogP contribution in [0.25, 0.3) is 0 Å². The van der Waals surface area contributed by atoms with Crippen molar-refractivity contribution in [2.45, 2.75) is 11.1 Å². The van der Waals surface area contributed by atoms with Crippen LogP contribution in [-0.2, 0) is 10.0 Å². The van der Waals surface area contributed by atoms with Crippen molar-refractivity contribution in [1.82, 2.24) is 0 Å². The minimum Gasteiger partial charge on any atom is -0.278 e. The highest BCUT2D eigenvalue weighted by Crippen LogP contribution is 2.24. The van der Waals surface area contributed by atoms with Gasteiger partial charge in [0.15, 0.2) is 0 Å². The van der Waals surface area contributed by atoms with Crippen molar-refractivity contribution in [1.29, 1.82) is 5.26 Å². The van der Waals surface area contributed by atoms with E-state index in [-0.39, 0.29) is 4.21 Å². The summed E-state index contributed by atoms with van der Waals surface area (Å²) in [6.45, 7) is 1.77. The summed E-state index contributed by atoms with van der Waals surface area (Å²) in [6, 6.07) is 10.3. The quantitative estimate of drug-likeness (QED) is 0.938. The van der Waals surface area contributed by atoms with E-state index in [1.807, 2.05) is 6.07 Å². The number of thiophene rings is 1. The molecule has 2 aromatic rings. The second kappa shape index (κ2) is 4.80. The molecular formula is C12H10N2O2S2. The Kier molecular flexibility index (Phi) is 3.36. The van der Waals surface area contributed by atoms with Crippen LogP contribution in [-0.4, -0.2) is 8.42 Å². The van der Waals surface area contributed by atoms with E-state index in [2.05, 4.69) is 4.72 Å². The van der Waals surface area contributed by atoms with Crippen LogP contribution in [0.5, 0.6) is 0 Å². The Morgan fingerprint density at radius 2 is 2.06 bits per heavy atom. The molecule has 0 spiro atoms. The van der Waals surface area contributed by atoms with Crippen molar-refractivity contribution in [3.8, 4) is 6.07 Å². The number of anilines is 1. The number of nitrogens with one attached hydrogen (secondary N) is 1. The fourth-order valence-corrected chi connectivity index (χ4v) is 3.58. The van der Waals surface area contributed by atoms with Gasteiger partial charge in [-0.3, -0.25) is 4.72 Å². The average molecular weight is 278 g/mol. The van der Waals surface area contributed by atoms with Crippen LogP contribution in [0.15, 0.2) is 39.9 Å². The highest BCUT2D eigenvalue weighted by Gasteiger charge is 2.17. The molecule has 0 aliphatic carbocycles. The van der Waals surface area contributed by atoms with Crippen LogP contribution in [0.4, 0.5) is 5.69 Å². The molecule has 0 aliphatic rings. The second-order valence-corrected chi connectivity index (χ2v) is 6.50. The van der Waals surface area contributed by atoms with E-state index in [4.69, 9.17) is 5.26 Å². The highest BCUT2D eigenvalue weighted by atomic mass is 32.2. The normalized spacial score (nSPS) is 10.9. The third-order valence-corrected chi connectivity index (χ3v) is 5.15. The second-order valence-electron chi connectivity index (χ2n) is 3.65. The van der Waals surface area contributed by atoms with E-state index in [9.17, 15) is 8.42 Å². The Labute approximate surface area is 110 Å². The van der Waals surface area contributed by atoms with Crippen LogP contribution in [0, 0.1) is 18.3 Å². The molecule has 0 bridgehead atoms. The number of rotatable bonds is 3. The van der Waals surface area contributed by atoms with Crippen molar-refractivity contribution >= 4 is 27.0 Å². The summed E-state index contributed by atoms with van der Waals surface area (Å²) in [7, 11) is -3.60. The van der Waals surface area contributed by atoms with Crippen molar-refractivity contribution < 1.29 is 8.42 Å². The van der Waals surface area contributed by atoms with Gasteiger partial charge in [0.05, 0.1) is 11.3 Å². The van der Waals surface area contributed by atoms with Crippen LogP contribution in [0.1, 0.15) is 11.1 Å². The topological polar surface area (TPSA) is 70.0 Å². The summed E-state index contributed by atoms with van der Waals surface area (Å²) in [5.41, 5.74) is 1.40. The fourth-order valence-electron chi connectivity index (χ4n) is 1.51. The minimum atomic E-state index is -3.60. The Morgan fingerprint density at radius 3 is 2.67 bits per heavy atom. The van der Waals surface area contributed by atoms with Gasteiger partial charge in [0.1, 0.15) is 10.3 Å². The molecule has 2 rings (SSSR count). The molecule has 0 saturated heterocycles. The molecule has 0 fully saturated rings. The zero-order chi connectivity index (χ0) is 13.2. The van der Waals surface area contributed by atoms with Crippen molar-refractivity contribution in [3.63, 3.8) is 0 Å². The standard InChI is InChI=1S/C12H10N2O2S2/c1-9-4-2-5-11(10(9)8-13)14-18(15,16)12-6-3-7-17-12/h2-7,14H,1H3. The lowest BCUT2D eigenvalue weighted by atomic mass is 10.1. The minimum absolute atomic E-state index is 0.230. The number of benzene rings is 1. The Balaban J connectivity index is 2.43. The largest absolute Gasteiger partial charge is 0.278 e. The van der Waals surface area contributed by atoms with E-state index in [1.54, 1.807) is 36.6 Å². The number of nitrogens with zero attached hydrogens (tertiary/aromatic N) is 1. The van der Waals surface area contributed by atoms with Gasteiger partial charge in [-0.25, -0.2) is 8.42 Å². The number of hydrogen-bond acceptors (Lipinski definition) is 4. The summed E-state index contributed by atoms with van der Waals surface area (Å²) < 4.78 is 26.7. The number of hydrogen-bond donors (Lipinski definition) is 1. The predicted octanol–water partition coefficient (Wildman–Crippen LogP) is 2.73. The van der Waals surface area contributed by atoms with Gasteiger partial charge in [0.25, 0.3) is 10.0 Å². The first-order valence-electron chi connectivity index (χ1n) is 5.10. The first kappa shape index (κ1) is 12.6. The molecule has 1 heterocycles. The Hall–Kier alpha value is -1.84. The summed E-state index contributed by atoms with van der Waals surface area (Å²) in [5, 5.41) is 10.7. The highest BCUT2D eigenvalue weighted by molar-refractivity contribution is 7.94. The van der Waals surface area contributed by atoms with E-state index < -0.39 is 10.0 Å². The maximum atomic E-state index is 12.0. The molecule has 1 N–H and O–H groups in total. The van der Waals surface area contributed by atoms with Gasteiger partial charge in [-0.2, -0.15) is 5.26 Å². The Morgan fingerprint density at radius 1 is 1.28 bits per heavy atom. The summed E-state index contributed by atoms with van der Waals surface area (Å²) in [6.07, 6.45) is 0. The zero-order valence-electron chi connectivity index (χ0n) is 9.54. The molecule has 6 heteroatoms. The fraction of sp³-hybridized carbons (Fsp3) is 0.0833. The van der Waals surface area contributed by atoms with E-state index in [0.29, 0.717) is 11.3 Å². The molecule has 0 aliphatic heterocycles. The third kappa shape index (κ3) is 2.37. The molecule has 4 nitrogen and oxygen atoms in total.